The lowest BCUT2D eigenvalue weighted by Gasteiger charge is -2.44. The second-order valence-electron chi connectivity index (χ2n) is 9.64. The van der Waals surface area contributed by atoms with Gasteiger partial charge in [-0.1, -0.05) is 60.7 Å². The fraction of sp³-hybridized carbons (Fsp3) is 0.276. The van der Waals surface area contributed by atoms with E-state index in [0.29, 0.717) is 18.5 Å². The zero-order valence-electron chi connectivity index (χ0n) is 19.8. The molecule has 0 bridgehead atoms. The highest BCUT2D eigenvalue weighted by atomic mass is 16.5. The number of benzene rings is 3. The summed E-state index contributed by atoms with van der Waals surface area (Å²) in [6, 6.07) is 26.1. The van der Waals surface area contributed by atoms with E-state index in [9.17, 15) is 14.4 Å². The smallest absolute Gasteiger partial charge is 0.255 e. The van der Waals surface area contributed by atoms with Gasteiger partial charge in [0, 0.05) is 31.6 Å². The summed E-state index contributed by atoms with van der Waals surface area (Å²) < 4.78 is 6.28. The number of amides is 3. The maximum absolute atomic E-state index is 12.9. The molecule has 2 saturated heterocycles. The number of fused-ring (bicyclic) bond motifs is 1. The van der Waals surface area contributed by atoms with Crippen LogP contribution < -0.4 is 10.1 Å². The van der Waals surface area contributed by atoms with Gasteiger partial charge >= 0.3 is 0 Å². The van der Waals surface area contributed by atoms with Crippen LogP contribution in [0.5, 0.6) is 5.75 Å². The molecular formula is C29H27N3O4. The second-order valence-corrected chi connectivity index (χ2v) is 9.64. The molecule has 1 unspecified atom stereocenters. The van der Waals surface area contributed by atoms with Gasteiger partial charge in [-0.2, -0.15) is 0 Å². The normalized spacial score (nSPS) is 20.3. The molecule has 3 aromatic carbocycles. The Hall–Kier alpha value is -3.97. The quantitative estimate of drug-likeness (QED) is 0.547. The fourth-order valence-corrected chi connectivity index (χ4v) is 5.46. The number of nitrogens with zero attached hydrogens (tertiary/aromatic N) is 2. The minimum Gasteiger partial charge on any atom is -0.488 e. The summed E-state index contributed by atoms with van der Waals surface area (Å²) in [7, 11) is 0. The monoisotopic (exact) mass is 481 g/mol. The van der Waals surface area contributed by atoms with E-state index in [1.165, 1.54) is 11.1 Å². The number of carbonyl (C=O) groups is 3. The molecule has 36 heavy (non-hydrogen) atoms. The summed E-state index contributed by atoms with van der Waals surface area (Å²) in [5, 5.41) is 2.34. The molecule has 2 fully saturated rings. The lowest BCUT2D eigenvalue weighted by molar-refractivity contribution is -0.136. The van der Waals surface area contributed by atoms with Crippen molar-refractivity contribution in [3.8, 4) is 5.75 Å². The standard InChI is InChI=1S/C29H27N3O4/c33-26-14-13-25(28(34)30-26)32-16-21-15-22(11-12-24(21)29(32)35)36-23-17-31(18-23)27(19-7-3-1-4-8-19)20-9-5-2-6-10-20/h1-12,15,23,25,27H,13-14,16-18H2,(H,30,33,34). The van der Waals surface area contributed by atoms with Crippen molar-refractivity contribution in [3.05, 3.63) is 101 Å². The van der Waals surface area contributed by atoms with E-state index in [2.05, 4.69) is 58.7 Å². The van der Waals surface area contributed by atoms with E-state index in [0.717, 1.165) is 24.4 Å². The molecule has 7 nitrogen and oxygen atoms in total. The number of carbonyl (C=O) groups excluding carboxylic acids is 3. The SMILES string of the molecule is O=C1CCC(N2Cc3cc(OC4CN(C(c5ccccc5)c5ccccc5)C4)ccc3C2=O)C(=O)N1. The van der Waals surface area contributed by atoms with Crippen molar-refractivity contribution in [1.82, 2.24) is 15.1 Å². The van der Waals surface area contributed by atoms with Crippen molar-refractivity contribution in [1.29, 1.82) is 0 Å². The number of hydrogen-bond donors (Lipinski definition) is 1. The van der Waals surface area contributed by atoms with Gasteiger partial charge in [0.1, 0.15) is 17.9 Å². The van der Waals surface area contributed by atoms with Gasteiger partial charge in [-0.15, -0.1) is 0 Å². The van der Waals surface area contributed by atoms with Gasteiger partial charge in [-0.25, -0.2) is 0 Å². The van der Waals surface area contributed by atoms with Crippen molar-refractivity contribution in [2.75, 3.05) is 13.1 Å². The number of imide groups is 1. The third-order valence-electron chi connectivity index (χ3n) is 7.27. The van der Waals surface area contributed by atoms with E-state index in [1.807, 2.05) is 24.3 Å². The van der Waals surface area contributed by atoms with Gasteiger partial charge in [0.25, 0.3) is 5.91 Å². The summed E-state index contributed by atoms with van der Waals surface area (Å²) in [4.78, 5) is 40.7. The Morgan fingerprint density at radius 3 is 2.17 bits per heavy atom. The van der Waals surface area contributed by atoms with Crippen molar-refractivity contribution < 1.29 is 19.1 Å². The zero-order valence-corrected chi connectivity index (χ0v) is 19.8. The third kappa shape index (κ3) is 4.16. The van der Waals surface area contributed by atoms with Gasteiger partial charge in [0.15, 0.2) is 0 Å². The molecule has 0 spiro atoms. The zero-order chi connectivity index (χ0) is 24.6. The Morgan fingerprint density at radius 1 is 0.861 bits per heavy atom. The molecule has 3 aromatic rings. The molecule has 0 radical (unpaired) electrons. The molecule has 1 atom stereocenters. The average Bonchev–Trinajstić information content (AvgIpc) is 3.19. The van der Waals surface area contributed by atoms with Crippen molar-refractivity contribution >= 4 is 17.7 Å². The molecular weight excluding hydrogens is 454 g/mol. The predicted octanol–water partition coefficient (Wildman–Crippen LogP) is 3.30. The van der Waals surface area contributed by atoms with E-state index < -0.39 is 11.9 Å². The number of ether oxygens (including phenoxy) is 1. The van der Waals surface area contributed by atoms with Gasteiger partial charge < -0.3 is 9.64 Å². The second kappa shape index (κ2) is 9.24. The Balaban J connectivity index is 1.12. The first-order chi connectivity index (χ1) is 17.6. The molecule has 7 heteroatoms. The first kappa shape index (κ1) is 22.5. The molecule has 3 aliphatic rings. The largest absolute Gasteiger partial charge is 0.488 e. The van der Waals surface area contributed by atoms with Gasteiger partial charge in [-0.05, 0) is 41.3 Å². The number of likely N-dealkylation sites (tertiary alicyclic amines) is 1. The first-order valence-electron chi connectivity index (χ1n) is 12.3. The minimum absolute atomic E-state index is 0.0568. The highest BCUT2D eigenvalue weighted by Gasteiger charge is 2.40. The molecule has 1 N–H and O–H groups in total. The number of nitrogens with one attached hydrogen (secondary N) is 1. The molecule has 3 heterocycles. The minimum atomic E-state index is -0.611. The van der Waals surface area contributed by atoms with Gasteiger partial charge in [0.2, 0.25) is 11.8 Å². The van der Waals surface area contributed by atoms with Crippen molar-refractivity contribution in [2.45, 2.75) is 37.6 Å². The Morgan fingerprint density at radius 2 is 1.53 bits per heavy atom. The summed E-state index contributed by atoms with van der Waals surface area (Å²) >= 11 is 0. The predicted molar refractivity (Wildman–Crippen MR) is 133 cm³/mol. The van der Waals surface area contributed by atoms with Crippen LogP contribution in [-0.4, -0.2) is 52.8 Å². The van der Waals surface area contributed by atoms with Crippen LogP contribution in [0, 0.1) is 0 Å². The summed E-state index contributed by atoms with van der Waals surface area (Å²) in [5.74, 6) is -0.126. The van der Waals surface area contributed by atoms with Crippen LogP contribution in [-0.2, 0) is 16.1 Å². The molecule has 3 amide bonds. The Labute approximate surface area is 209 Å². The molecule has 0 saturated carbocycles. The first-order valence-corrected chi connectivity index (χ1v) is 12.3. The topological polar surface area (TPSA) is 79.0 Å². The summed E-state index contributed by atoms with van der Waals surface area (Å²) in [5.41, 5.74) is 3.96. The van der Waals surface area contributed by atoms with E-state index in [-0.39, 0.29) is 30.4 Å². The lowest BCUT2D eigenvalue weighted by Crippen LogP contribution is -2.55. The molecule has 6 rings (SSSR count). The van der Waals surface area contributed by atoms with E-state index in [4.69, 9.17) is 4.74 Å². The Bertz CT molecular complexity index is 1270. The van der Waals surface area contributed by atoms with E-state index >= 15 is 0 Å². The van der Waals surface area contributed by atoms with Crippen LogP contribution in [0.3, 0.4) is 0 Å². The number of piperidine rings is 1. The van der Waals surface area contributed by atoms with Crippen LogP contribution >= 0.6 is 0 Å². The Kier molecular flexibility index (Phi) is 5.77. The van der Waals surface area contributed by atoms with Crippen LogP contribution in [0.25, 0.3) is 0 Å². The van der Waals surface area contributed by atoms with E-state index in [1.54, 1.807) is 11.0 Å². The average molecular weight is 482 g/mol. The van der Waals surface area contributed by atoms with Crippen LogP contribution in [0.2, 0.25) is 0 Å². The molecule has 0 aliphatic carbocycles. The highest BCUT2D eigenvalue weighted by Crippen LogP contribution is 2.35. The van der Waals surface area contributed by atoms with Crippen molar-refractivity contribution in [2.24, 2.45) is 0 Å². The maximum atomic E-state index is 12.9. The van der Waals surface area contributed by atoms with Crippen molar-refractivity contribution in [3.63, 3.8) is 0 Å². The number of hydrogen-bond acceptors (Lipinski definition) is 5. The van der Waals surface area contributed by atoms with Gasteiger partial charge in [-0.3, -0.25) is 24.6 Å². The lowest BCUT2D eigenvalue weighted by atomic mass is 9.94. The highest BCUT2D eigenvalue weighted by molar-refractivity contribution is 6.05. The summed E-state index contributed by atoms with van der Waals surface area (Å²) in [6.07, 6.45) is 0.660. The fourth-order valence-electron chi connectivity index (χ4n) is 5.46. The third-order valence-corrected chi connectivity index (χ3v) is 7.27. The molecule has 182 valence electrons. The molecule has 3 aliphatic heterocycles. The molecule has 0 aromatic heterocycles. The van der Waals surface area contributed by atoms with Crippen LogP contribution in [0.15, 0.2) is 78.9 Å². The summed E-state index contributed by atoms with van der Waals surface area (Å²) in [6.45, 7) is 1.94. The van der Waals surface area contributed by atoms with Gasteiger partial charge in [0.05, 0.1) is 6.04 Å². The van der Waals surface area contributed by atoms with Crippen LogP contribution in [0.4, 0.5) is 0 Å². The number of rotatable bonds is 6. The maximum Gasteiger partial charge on any atom is 0.255 e. The van der Waals surface area contributed by atoms with Crippen LogP contribution in [0.1, 0.15) is 45.9 Å².